The molecule has 0 saturated heterocycles. The zero-order valence-electron chi connectivity index (χ0n) is 16.2. The molecule has 4 aromatic rings. The number of hydrogen-bond acceptors (Lipinski definition) is 5. The normalized spacial score (nSPS) is 11.3. The van der Waals surface area contributed by atoms with Crippen LogP contribution >= 0.6 is 0 Å². The van der Waals surface area contributed by atoms with Gasteiger partial charge in [0.2, 0.25) is 0 Å². The predicted molar refractivity (Wildman–Crippen MR) is 110 cm³/mol. The van der Waals surface area contributed by atoms with Crippen molar-refractivity contribution in [2.24, 2.45) is 0 Å². The van der Waals surface area contributed by atoms with Crippen LogP contribution in [0.3, 0.4) is 0 Å². The molecule has 2 aromatic heterocycles. The van der Waals surface area contributed by atoms with Crippen molar-refractivity contribution < 1.29 is 9.53 Å². The van der Waals surface area contributed by atoms with E-state index in [2.05, 4.69) is 4.98 Å². The summed E-state index contributed by atoms with van der Waals surface area (Å²) in [5.74, 6) is -0.532. The van der Waals surface area contributed by atoms with E-state index in [1.807, 2.05) is 13.8 Å². The highest BCUT2D eigenvalue weighted by Crippen LogP contribution is 2.18. The smallest absolute Gasteiger partial charge is 0.356 e. The van der Waals surface area contributed by atoms with Crippen molar-refractivity contribution in [3.63, 3.8) is 0 Å². The average Bonchev–Trinajstić information content (AvgIpc) is 2.73. The highest BCUT2D eigenvalue weighted by atomic mass is 16.5. The second-order valence-electron chi connectivity index (χ2n) is 6.98. The standard InChI is InChI=1S/C22H19N3O4/c1-13(2)19-23-17-11-7-6-10-16(17)21(27)25(19)24-18(22(28)29-3)12-14-8-4-5-9-15(14)20(24)26/h4-13H,1-3H3. The number of pyridine rings is 1. The maximum atomic E-state index is 13.4. The lowest BCUT2D eigenvalue weighted by Crippen LogP contribution is -2.41. The molecule has 0 radical (unpaired) electrons. The number of para-hydroxylation sites is 1. The number of esters is 1. The van der Waals surface area contributed by atoms with Gasteiger partial charge < -0.3 is 4.74 Å². The lowest BCUT2D eigenvalue weighted by molar-refractivity contribution is 0.0584. The van der Waals surface area contributed by atoms with Gasteiger partial charge in [0, 0.05) is 11.3 Å². The van der Waals surface area contributed by atoms with E-state index in [4.69, 9.17) is 4.74 Å². The molecule has 0 unspecified atom stereocenters. The van der Waals surface area contributed by atoms with Crippen molar-refractivity contribution in [2.75, 3.05) is 7.11 Å². The van der Waals surface area contributed by atoms with Crippen LogP contribution in [-0.2, 0) is 4.74 Å². The van der Waals surface area contributed by atoms with Gasteiger partial charge in [0.25, 0.3) is 11.1 Å². The van der Waals surface area contributed by atoms with E-state index in [0.29, 0.717) is 27.5 Å². The van der Waals surface area contributed by atoms with E-state index >= 15 is 0 Å². The first-order chi connectivity index (χ1) is 13.9. The number of benzene rings is 2. The highest BCUT2D eigenvalue weighted by Gasteiger charge is 2.23. The van der Waals surface area contributed by atoms with Crippen LogP contribution in [0.15, 0.2) is 64.2 Å². The molecular formula is C22H19N3O4. The Labute approximate surface area is 165 Å². The Morgan fingerprint density at radius 1 is 0.931 bits per heavy atom. The van der Waals surface area contributed by atoms with Gasteiger partial charge in [-0.25, -0.2) is 14.5 Å². The number of carbonyl (C=O) groups is 1. The molecule has 7 nitrogen and oxygen atoms in total. The molecule has 0 spiro atoms. The monoisotopic (exact) mass is 389 g/mol. The van der Waals surface area contributed by atoms with Gasteiger partial charge in [-0.05, 0) is 29.7 Å². The molecule has 29 heavy (non-hydrogen) atoms. The molecule has 0 N–H and O–H groups in total. The van der Waals surface area contributed by atoms with Crippen LogP contribution in [0.4, 0.5) is 0 Å². The number of fused-ring (bicyclic) bond motifs is 2. The van der Waals surface area contributed by atoms with Crippen molar-refractivity contribution in [1.82, 2.24) is 14.3 Å². The second kappa shape index (κ2) is 7.01. The van der Waals surface area contributed by atoms with Gasteiger partial charge in [0.05, 0.1) is 18.0 Å². The minimum absolute atomic E-state index is 0.0442. The molecular weight excluding hydrogens is 370 g/mol. The maximum Gasteiger partial charge on any atom is 0.356 e. The predicted octanol–water partition coefficient (Wildman–Crippen LogP) is 2.93. The highest BCUT2D eigenvalue weighted by molar-refractivity contribution is 5.93. The van der Waals surface area contributed by atoms with Crippen LogP contribution in [0.1, 0.15) is 36.1 Å². The molecule has 0 aliphatic heterocycles. The SMILES string of the molecule is COC(=O)c1cc2ccccc2c(=O)n1-n1c(C(C)C)nc2ccccc2c1=O. The molecule has 0 fully saturated rings. The van der Waals surface area contributed by atoms with Crippen molar-refractivity contribution in [2.45, 2.75) is 19.8 Å². The Kier molecular flexibility index (Phi) is 4.50. The minimum Gasteiger partial charge on any atom is -0.464 e. The van der Waals surface area contributed by atoms with E-state index in [0.717, 1.165) is 4.68 Å². The fourth-order valence-corrected chi connectivity index (χ4v) is 3.41. The van der Waals surface area contributed by atoms with Crippen molar-refractivity contribution >= 4 is 27.6 Å². The van der Waals surface area contributed by atoms with E-state index in [1.54, 1.807) is 54.6 Å². The summed E-state index contributed by atoms with van der Waals surface area (Å²) in [4.78, 5) is 44.0. The molecule has 0 saturated carbocycles. The summed E-state index contributed by atoms with van der Waals surface area (Å²) in [6.45, 7) is 3.74. The van der Waals surface area contributed by atoms with E-state index in [-0.39, 0.29) is 11.6 Å². The largest absolute Gasteiger partial charge is 0.464 e. The van der Waals surface area contributed by atoms with Crippen molar-refractivity contribution in [1.29, 1.82) is 0 Å². The summed E-state index contributed by atoms with van der Waals surface area (Å²) in [6, 6.07) is 15.4. The molecule has 7 heteroatoms. The molecule has 2 aromatic carbocycles. The lowest BCUT2D eigenvalue weighted by Gasteiger charge is -2.20. The number of methoxy groups -OCH3 is 1. The number of nitrogens with zero attached hydrogens (tertiary/aromatic N) is 3. The van der Waals surface area contributed by atoms with Gasteiger partial charge in [-0.3, -0.25) is 9.59 Å². The summed E-state index contributed by atoms with van der Waals surface area (Å²) in [5.41, 5.74) is -0.436. The number of ether oxygens (including phenoxy) is 1. The quantitative estimate of drug-likeness (QED) is 0.503. The van der Waals surface area contributed by atoms with Gasteiger partial charge in [0.1, 0.15) is 5.82 Å². The third-order valence-electron chi connectivity index (χ3n) is 4.79. The first kappa shape index (κ1) is 18.6. The van der Waals surface area contributed by atoms with Gasteiger partial charge in [-0.1, -0.05) is 44.2 Å². The van der Waals surface area contributed by atoms with Crippen LogP contribution in [0, 0.1) is 0 Å². The molecule has 4 rings (SSSR count). The Bertz CT molecular complexity index is 1380. The van der Waals surface area contributed by atoms with Gasteiger partial charge in [-0.15, -0.1) is 0 Å². The topological polar surface area (TPSA) is 83.2 Å². The van der Waals surface area contributed by atoms with E-state index in [9.17, 15) is 14.4 Å². The van der Waals surface area contributed by atoms with Crippen molar-refractivity contribution in [3.05, 3.63) is 86.8 Å². The number of rotatable bonds is 3. The number of hydrogen-bond donors (Lipinski definition) is 0. The second-order valence-corrected chi connectivity index (χ2v) is 6.98. The molecule has 0 aliphatic carbocycles. The van der Waals surface area contributed by atoms with Crippen LogP contribution in [0.5, 0.6) is 0 Å². The summed E-state index contributed by atoms with van der Waals surface area (Å²) in [7, 11) is 1.23. The zero-order valence-corrected chi connectivity index (χ0v) is 16.2. The molecule has 0 amide bonds. The van der Waals surface area contributed by atoms with Crippen LogP contribution in [0.25, 0.3) is 21.7 Å². The Hall–Kier alpha value is -3.74. The Morgan fingerprint density at radius 3 is 2.24 bits per heavy atom. The third kappa shape index (κ3) is 2.91. The summed E-state index contributed by atoms with van der Waals surface area (Å²) >= 11 is 0. The van der Waals surface area contributed by atoms with Crippen LogP contribution in [0.2, 0.25) is 0 Å². The Balaban J connectivity index is 2.24. The lowest BCUT2D eigenvalue weighted by atomic mass is 10.1. The Morgan fingerprint density at radius 2 is 1.55 bits per heavy atom. The third-order valence-corrected chi connectivity index (χ3v) is 4.79. The minimum atomic E-state index is -0.720. The fourth-order valence-electron chi connectivity index (χ4n) is 3.41. The molecule has 2 heterocycles. The first-order valence-corrected chi connectivity index (χ1v) is 9.19. The average molecular weight is 389 g/mol. The van der Waals surface area contributed by atoms with Gasteiger partial charge in [0.15, 0.2) is 5.69 Å². The van der Waals surface area contributed by atoms with Crippen molar-refractivity contribution in [3.8, 4) is 0 Å². The summed E-state index contributed by atoms with van der Waals surface area (Å²) < 4.78 is 7.16. The molecule has 0 aliphatic rings. The maximum absolute atomic E-state index is 13.4. The van der Waals surface area contributed by atoms with E-state index in [1.165, 1.54) is 11.8 Å². The first-order valence-electron chi connectivity index (χ1n) is 9.19. The molecule has 0 atom stereocenters. The molecule has 0 bridgehead atoms. The van der Waals surface area contributed by atoms with Crippen LogP contribution < -0.4 is 11.1 Å². The van der Waals surface area contributed by atoms with Gasteiger partial charge in [-0.2, -0.15) is 4.68 Å². The number of carbonyl (C=O) groups excluding carboxylic acids is 1. The van der Waals surface area contributed by atoms with E-state index < -0.39 is 17.1 Å². The summed E-state index contributed by atoms with van der Waals surface area (Å²) in [5, 5.41) is 1.32. The molecule has 146 valence electrons. The van der Waals surface area contributed by atoms with Crippen LogP contribution in [-0.4, -0.2) is 27.4 Å². The fraction of sp³-hybridized carbons (Fsp3) is 0.182. The number of aromatic nitrogens is 3. The van der Waals surface area contributed by atoms with Gasteiger partial charge >= 0.3 is 5.97 Å². The zero-order chi connectivity index (χ0) is 20.7. The summed E-state index contributed by atoms with van der Waals surface area (Å²) in [6.07, 6.45) is 0.